The lowest BCUT2D eigenvalue weighted by Crippen LogP contribution is -2.50. The van der Waals surface area contributed by atoms with Gasteiger partial charge in [-0.1, -0.05) is 13.8 Å². The molecule has 2 atom stereocenters. The predicted octanol–water partition coefficient (Wildman–Crippen LogP) is 1.54. The van der Waals surface area contributed by atoms with Gasteiger partial charge in [0.05, 0.1) is 0 Å². The van der Waals surface area contributed by atoms with Crippen LogP contribution in [0.3, 0.4) is 0 Å². The Morgan fingerprint density at radius 3 is 2.59 bits per heavy atom. The molecule has 2 saturated heterocycles. The van der Waals surface area contributed by atoms with Crippen LogP contribution < -0.4 is 5.32 Å². The van der Waals surface area contributed by atoms with Gasteiger partial charge in [-0.15, -0.1) is 0 Å². The number of hydrogen-bond acceptors (Lipinski definition) is 3. The zero-order chi connectivity index (χ0) is 12.3. The molecule has 100 valence electrons. The zero-order valence-corrected chi connectivity index (χ0v) is 11.8. The van der Waals surface area contributed by atoms with Crippen LogP contribution in [-0.4, -0.2) is 61.2 Å². The third kappa shape index (κ3) is 3.94. The zero-order valence-electron chi connectivity index (χ0n) is 11.8. The van der Waals surface area contributed by atoms with Crippen molar-refractivity contribution in [3.05, 3.63) is 0 Å². The molecule has 2 heterocycles. The van der Waals surface area contributed by atoms with Crippen molar-refractivity contribution < 1.29 is 0 Å². The van der Waals surface area contributed by atoms with Crippen LogP contribution in [0.2, 0.25) is 0 Å². The molecule has 0 bridgehead atoms. The molecular formula is C14H29N3. The van der Waals surface area contributed by atoms with Gasteiger partial charge < -0.3 is 15.1 Å². The Morgan fingerprint density at radius 2 is 1.94 bits per heavy atom. The van der Waals surface area contributed by atoms with Gasteiger partial charge in [0.1, 0.15) is 0 Å². The van der Waals surface area contributed by atoms with Crippen LogP contribution in [0.1, 0.15) is 39.5 Å². The molecule has 0 saturated carbocycles. The Balaban J connectivity index is 1.76. The van der Waals surface area contributed by atoms with Crippen LogP contribution >= 0.6 is 0 Å². The SMILES string of the molecule is CC(C)NC1CCCN(CC2CCCN2C)C1. The fourth-order valence-electron chi connectivity index (χ4n) is 3.34. The van der Waals surface area contributed by atoms with Crippen molar-refractivity contribution >= 4 is 0 Å². The van der Waals surface area contributed by atoms with Gasteiger partial charge in [-0.2, -0.15) is 0 Å². The molecule has 0 aliphatic carbocycles. The van der Waals surface area contributed by atoms with Gasteiger partial charge in [-0.3, -0.25) is 0 Å². The molecule has 0 spiro atoms. The molecule has 0 aromatic heterocycles. The van der Waals surface area contributed by atoms with E-state index in [9.17, 15) is 0 Å². The minimum absolute atomic E-state index is 0.620. The van der Waals surface area contributed by atoms with Gasteiger partial charge in [0, 0.05) is 31.2 Å². The largest absolute Gasteiger partial charge is 0.311 e. The Labute approximate surface area is 107 Å². The lowest BCUT2D eigenvalue weighted by Gasteiger charge is -2.36. The highest BCUT2D eigenvalue weighted by atomic mass is 15.2. The summed E-state index contributed by atoms with van der Waals surface area (Å²) in [5, 5.41) is 3.69. The van der Waals surface area contributed by atoms with E-state index in [1.54, 1.807) is 0 Å². The molecule has 2 aliphatic heterocycles. The fraction of sp³-hybridized carbons (Fsp3) is 1.00. The van der Waals surface area contributed by atoms with Gasteiger partial charge in [0.2, 0.25) is 0 Å². The summed E-state index contributed by atoms with van der Waals surface area (Å²) in [6.07, 6.45) is 5.51. The summed E-state index contributed by atoms with van der Waals surface area (Å²) in [4.78, 5) is 5.22. The second kappa shape index (κ2) is 6.17. The summed E-state index contributed by atoms with van der Waals surface area (Å²) in [5.74, 6) is 0. The van der Waals surface area contributed by atoms with Crippen LogP contribution in [0, 0.1) is 0 Å². The van der Waals surface area contributed by atoms with Crippen molar-refractivity contribution in [2.24, 2.45) is 0 Å². The minimum atomic E-state index is 0.620. The summed E-state index contributed by atoms with van der Waals surface area (Å²) in [5.41, 5.74) is 0. The van der Waals surface area contributed by atoms with Crippen LogP contribution in [0.15, 0.2) is 0 Å². The highest BCUT2D eigenvalue weighted by Gasteiger charge is 2.26. The first-order valence-corrected chi connectivity index (χ1v) is 7.34. The van der Waals surface area contributed by atoms with Crippen LogP contribution in [-0.2, 0) is 0 Å². The number of nitrogens with zero attached hydrogens (tertiary/aromatic N) is 2. The Hall–Kier alpha value is -0.120. The molecule has 0 radical (unpaired) electrons. The maximum Gasteiger partial charge on any atom is 0.0220 e. The van der Waals surface area contributed by atoms with Gasteiger partial charge in [-0.05, 0) is 45.8 Å². The standard InChI is InChI=1S/C14H29N3/c1-12(2)15-13-6-4-9-17(10-13)11-14-7-5-8-16(14)3/h12-15H,4-11H2,1-3H3. The Kier molecular flexibility index (Phi) is 4.83. The van der Waals surface area contributed by atoms with E-state index in [4.69, 9.17) is 0 Å². The first kappa shape index (κ1) is 13.3. The van der Waals surface area contributed by atoms with E-state index in [2.05, 4.69) is 36.0 Å². The second-order valence-corrected chi connectivity index (χ2v) is 6.20. The Bertz CT molecular complexity index is 230. The molecular weight excluding hydrogens is 210 g/mol. The van der Waals surface area contributed by atoms with Crippen molar-refractivity contribution in [1.82, 2.24) is 15.1 Å². The topological polar surface area (TPSA) is 18.5 Å². The number of rotatable bonds is 4. The smallest absolute Gasteiger partial charge is 0.0220 e. The molecule has 0 aromatic rings. The molecule has 2 unspecified atom stereocenters. The maximum absolute atomic E-state index is 3.69. The van der Waals surface area contributed by atoms with Gasteiger partial charge in [0.15, 0.2) is 0 Å². The summed E-state index contributed by atoms with van der Waals surface area (Å²) in [6.45, 7) is 9.65. The van der Waals surface area contributed by atoms with E-state index in [0.29, 0.717) is 6.04 Å². The minimum Gasteiger partial charge on any atom is -0.311 e. The molecule has 2 rings (SSSR count). The molecule has 0 aromatic carbocycles. The lowest BCUT2D eigenvalue weighted by molar-refractivity contribution is 0.144. The van der Waals surface area contributed by atoms with Gasteiger partial charge in [0.25, 0.3) is 0 Å². The average molecular weight is 239 g/mol. The molecule has 2 fully saturated rings. The summed E-state index contributed by atoms with van der Waals surface area (Å²) < 4.78 is 0. The molecule has 0 amide bonds. The second-order valence-electron chi connectivity index (χ2n) is 6.20. The first-order valence-electron chi connectivity index (χ1n) is 7.34. The quantitative estimate of drug-likeness (QED) is 0.803. The number of nitrogens with one attached hydrogen (secondary N) is 1. The van der Waals surface area contributed by atoms with E-state index in [1.165, 1.54) is 51.9 Å². The third-order valence-electron chi connectivity index (χ3n) is 4.22. The van der Waals surface area contributed by atoms with E-state index < -0.39 is 0 Å². The molecule has 1 N–H and O–H groups in total. The summed E-state index contributed by atoms with van der Waals surface area (Å²) >= 11 is 0. The highest BCUT2D eigenvalue weighted by Crippen LogP contribution is 2.18. The van der Waals surface area contributed by atoms with E-state index >= 15 is 0 Å². The number of piperidine rings is 1. The molecule has 17 heavy (non-hydrogen) atoms. The number of likely N-dealkylation sites (tertiary alicyclic amines) is 2. The van der Waals surface area contributed by atoms with Gasteiger partial charge >= 0.3 is 0 Å². The van der Waals surface area contributed by atoms with Crippen molar-refractivity contribution in [2.75, 3.05) is 33.2 Å². The Morgan fingerprint density at radius 1 is 1.18 bits per heavy atom. The van der Waals surface area contributed by atoms with Crippen molar-refractivity contribution in [2.45, 2.75) is 57.7 Å². The van der Waals surface area contributed by atoms with Crippen molar-refractivity contribution in [1.29, 1.82) is 0 Å². The van der Waals surface area contributed by atoms with E-state index in [1.807, 2.05) is 0 Å². The summed E-state index contributed by atoms with van der Waals surface area (Å²) in [6, 6.07) is 2.15. The normalized spacial score (nSPS) is 32.5. The summed E-state index contributed by atoms with van der Waals surface area (Å²) in [7, 11) is 2.28. The molecule has 3 nitrogen and oxygen atoms in total. The molecule has 3 heteroatoms. The van der Waals surface area contributed by atoms with Gasteiger partial charge in [-0.25, -0.2) is 0 Å². The monoisotopic (exact) mass is 239 g/mol. The van der Waals surface area contributed by atoms with Crippen LogP contribution in [0.4, 0.5) is 0 Å². The van der Waals surface area contributed by atoms with E-state index in [-0.39, 0.29) is 0 Å². The number of hydrogen-bond donors (Lipinski definition) is 1. The first-order chi connectivity index (χ1) is 8.15. The maximum atomic E-state index is 3.69. The lowest BCUT2D eigenvalue weighted by atomic mass is 10.0. The third-order valence-corrected chi connectivity index (χ3v) is 4.22. The van der Waals surface area contributed by atoms with Crippen LogP contribution in [0.25, 0.3) is 0 Å². The van der Waals surface area contributed by atoms with E-state index in [0.717, 1.165) is 12.1 Å². The fourth-order valence-corrected chi connectivity index (χ4v) is 3.34. The van der Waals surface area contributed by atoms with Crippen molar-refractivity contribution in [3.63, 3.8) is 0 Å². The van der Waals surface area contributed by atoms with Crippen molar-refractivity contribution in [3.8, 4) is 0 Å². The number of likely N-dealkylation sites (N-methyl/N-ethyl adjacent to an activating group) is 1. The van der Waals surface area contributed by atoms with Crippen LogP contribution in [0.5, 0.6) is 0 Å². The molecule has 2 aliphatic rings. The highest BCUT2D eigenvalue weighted by molar-refractivity contribution is 4.84. The average Bonchev–Trinajstić information content (AvgIpc) is 2.64. The predicted molar refractivity (Wildman–Crippen MR) is 73.4 cm³/mol.